The minimum absolute atomic E-state index is 0.0460. The summed E-state index contributed by atoms with van der Waals surface area (Å²) in [6.45, 7) is 3.18. The van der Waals surface area contributed by atoms with Crippen molar-refractivity contribution in [1.29, 1.82) is 0 Å². The van der Waals surface area contributed by atoms with Crippen LogP contribution >= 0.6 is 0 Å². The Morgan fingerprint density at radius 2 is 1.78 bits per heavy atom. The third-order valence-corrected chi connectivity index (χ3v) is 5.43. The summed E-state index contributed by atoms with van der Waals surface area (Å²) in [7, 11) is -3.80. The van der Waals surface area contributed by atoms with E-state index in [2.05, 4.69) is 15.0 Å². The number of amides is 1. The molecule has 3 rings (SSSR count). The molecule has 0 unspecified atom stereocenters. The third kappa shape index (κ3) is 4.42. The Hall–Kier alpha value is -2.97. The summed E-state index contributed by atoms with van der Waals surface area (Å²) in [5, 5.41) is 3.41. The maximum absolute atomic E-state index is 12.5. The van der Waals surface area contributed by atoms with Crippen LogP contribution in [0.1, 0.15) is 18.1 Å². The lowest BCUT2D eigenvalue weighted by Crippen LogP contribution is -2.27. The lowest BCUT2D eigenvalue weighted by Gasteiger charge is -2.09. The van der Waals surface area contributed by atoms with E-state index in [9.17, 15) is 18.0 Å². The number of H-pyrrole nitrogens is 1. The zero-order valence-corrected chi connectivity index (χ0v) is 15.7. The number of aromatic amines is 1. The molecular weight excluding hydrogens is 366 g/mol. The molecule has 0 aliphatic heterocycles. The topological polar surface area (TPSA) is 108 Å². The monoisotopic (exact) mass is 385 g/mol. The molecule has 3 aromatic rings. The van der Waals surface area contributed by atoms with Gasteiger partial charge in [-0.1, -0.05) is 11.6 Å². The van der Waals surface area contributed by atoms with Crippen LogP contribution in [0.5, 0.6) is 0 Å². The lowest BCUT2D eigenvalue weighted by atomic mass is 10.1. The van der Waals surface area contributed by atoms with E-state index in [0.29, 0.717) is 16.8 Å². The molecule has 27 heavy (non-hydrogen) atoms. The molecule has 3 N–H and O–H groups in total. The number of sulfonamides is 1. The number of fused-ring (bicyclic) bond motifs is 1. The van der Waals surface area contributed by atoms with Crippen molar-refractivity contribution >= 4 is 32.5 Å². The number of nitrogens with one attached hydrogen (secondary N) is 3. The largest absolute Gasteiger partial charge is 0.326 e. The van der Waals surface area contributed by atoms with Gasteiger partial charge in [0.15, 0.2) is 0 Å². The summed E-state index contributed by atoms with van der Waals surface area (Å²) >= 11 is 0. The predicted octanol–water partition coefficient (Wildman–Crippen LogP) is 2.27. The van der Waals surface area contributed by atoms with Crippen molar-refractivity contribution in [3.63, 3.8) is 0 Å². The fraction of sp³-hybridized carbons (Fsp3) is 0.158. The van der Waals surface area contributed by atoms with Crippen LogP contribution in [0.25, 0.3) is 10.9 Å². The van der Waals surface area contributed by atoms with Crippen LogP contribution in [-0.4, -0.2) is 19.3 Å². The summed E-state index contributed by atoms with van der Waals surface area (Å²) in [6.07, 6.45) is 0. The molecule has 140 valence electrons. The summed E-state index contributed by atoms with van der Waals surface area (Å²) in [4.78, 5) is 26.0. The first-order chi connectivity index (χ1) is 12.7. The van der Waals surface area contributed by atoms with Crippen LogP contribution in [0.3, 0.4) is 0 Å². The van der Waals surface area contributed by atoms with E-state index in [1.807, 2.05) is 25.1 Å². The number of aryl methyl sites for hydroxylation is 1. The van der Waals surface area contributed by atoms with Gasteiger partial charge >= 0.3 is 0 Å². The fourth-order valence-corrected chi connectivity index (χ4v) is 3.69. The fourth-order valence-electron chi connectivity index (χ4n) is 2.68. The van der Waals surface area contributed by atoms with Crippen molar-refractivity contribution in [3.8, 4) is 0 Å². The maximum Gasteiger partial charge on any atom is 0.252 e. The van der Waals surface area contributed by atoms with E-state index in [4.69, 9.17) is 0 Å². The highest BCUT2D eigenvalue weighted by Crippen LogP contribution is 2.16. The first-order valence-corrected chi connectivity index (χ1v) is 9.73. The van der Waals surface area contributed by atoms with Gasteiger partial charge in [0.1, 0.15) is 0 Å². The molecule has 1 aromatic heterocycles. The van der Waals surface area contributed by atoms with E-state index in [1.165, 1.54) is 31.2 Å². The van der Waals surface area contributed by atoms with Gasteiger partial charge < -0.3 is 10.3 Å². The molecule has 0 saturated heterocycles. The Labute approximate surface area is 156 Å². The molecule has 1 amide bonds. The molecule has 0 aliphatic carbocycles. The average Bonchev–Trinajstić information content (AvgIpc) is 2.60. The lowest BCUT2D eigenvalue weighted by molar-refractivity contribution is -0.114. The predicted molar refractivity (Wildman–Crippen MR) is 104 cm³/mol. The van der Waals surface area contributed by atoms with Gasteiger partial charge in [0.05, 0.1) is 4.90 Å². The highest BCUT2D eigenvalue weighted by Gasteiger charge is 2.15. The molecule has 2 aromatic carbocycles. The smallest absolute Gasteiger partial charge is 0.252 e. The molecule has 8 heteroatoms. The van der Waals surface area contributed by atoms with Gasteiger partial charge in [0, 0.05) is 30.2 Å². The Balaban J connectivity index is 1.80. The van der Waals surface area contributed by atoms with Crippen molar-refractivity contribution in [3.05, 3.63) is 70.0 Å². The number of carbonyl (C=O) groups excluding carboxylic acids is 1. The highest BCUT2D eigenvalue weighted by molar-refractivity contribution is 7.89. The summed E-state index contributed by atoms with van der Waals surface area (Å²) in [6, 6.07) is 13.1. The molecular formula is C19H19N3O4S. The van der Waals surface area contributed by atoms with Gasteiger partial charge in [0.2, 0.25) is 15.9 Å². The standard InChI is InChI=1S/C19H19N3O4S/c1-12-3-8-18-14(9-12)10-15(19(24)22-18)11-20-27(25,26)17-6-4-16(5-7-17)21-13(2)23/h3-10,20H,11H2,1-2H3,(H,21,23)(H,22,24). The number of aromatic nitrogens is 1. The number of hydrogen-bond acceptors (Lipinski definition) is 4. The zero-order chi connectivity index (χ0) is 19.6. The quantitative estimate of drug-likeness (QED) is 0.626. The number of carbonyl (C=O) groups is 1. The van der Waals surface area contributed by atoms with Gasteiger partial charge in [-0.2, -0.15) is 0 Å². The second-order valence-electron chi connectivity index (χ2n) is 6.24. The van der Waals surface area contributed by atoms with E-state index in [-0.39, 0.29) is 22.9 Å². The van der Waals surface area contributed by atoms with Gasteiger partial charge in [-0.15, -0.1) is 0 Å². The Bertz CT molecular complexity index is 1170. The van der Waals surface area contributed by atoms with E-state index in [0.717, 1.165) is 10.9 Å². The minimum Gasteiger partial charge on any atom is -0.326 e. The maximum atomic E-state index is 12.5. The van der Waals surface area contributed by atoms with E-state index in [1.54, 1.807) is 6.07 Å². The molecule has 0 fully saturated rings. The van der Waals surface area contributed by atoms with Gasteiger partial charge in [-0.25, -0.2) is 13.1 Å². The molecule has 1 heterocycles. The Kier molecular flexibility index (Phi) is 5.11. The van der Waals surface area contributed by atoms with Crippen molar-refractivity contribution in [2.24, 2.45) is 0 Å². The Morgan fingerprint density at radius 3 is 2.44 bits per heavy atom. The van der Waals surface area contributed by atoms with Crippen LogP contribution in [0.15, 0.2) is 58.2 Å². The van der Waals surface area contributed by atoms with Crippen LogP contribution < -0.4 is 15.6 Å². The number of rotatable bonds is 5. The van der Waals surface area contributed by atoms with Gasteiger partial charge in [-0.3, -0.25) is 9.59 Å². The molecule has 0 aliphatic rings. The molecule has 0 saturated carbocycles. The zero-order valence-electron chi connectivity index (χ0n) is 14.9. The second kappa shape index (κ2) is 7.34. The average molecular weight is 385 g/mol. The molecule has 0 radical (unpaired) electrons. The van der Waals surface area contributed by atoms with Crippen molar-refractivity contribution in [2.45, 2.75) is 25.3 Å². The van der Waals surface area contributed by atoms with Crippen molar-refractivity contribution in [2.75, 3.05) is 5.32 Å². The van der Waals surface area contributed by atoms with Gasteiger partial charge in [-0.05, 0) is 54.8 Å². The van der Waals surface area contributed by atoms with Crippen LogP contribution in [0, 0.1) is 6.92 Å². The van der Waals surface area contributed by atoms with Crippen molar-refractivity contribution in [1.82, 2.24) is 9.71 Å². The number of pyridine rings is 1. The summed E-state index contributed by atoms with van der Waals surface area (Å²) in [5.74, 6) is -0.241. The second-order valence-corrected chi connectivity index (χ2v) is 8.01. The number of anilines is 1. The first-order valence-electron chi connectivity index (χ1n) is 8.24. The number of hydrogen-bond donors (Lipinski definition) is 3. The molecule has 7 nitrogen and oxygen atoms in total. The van der Waals surface area contributed by atoms with Crippen molar-refractivity contribution < 1.29 is 13.2 Å². The highest BCUT2D eigenvalue weighted by atomic mass is 32.2. The summed E-state index contributed by atoms with van der Waals surface area (Å²) < 4.78 is 27.4. The minimum atomic E-state index is -3.80. The number of benzene rings is 2. The molecule has 0 spiro atoms. The normalized spacial score (nSPS) is 11.5. The van der Waals surface area contributed by atoms with E-state index < -0.39 is 10.0 Å². The van der Waals surface area contributed by atoms with Crippen LogP contribution in [-0.2, 0) is 21.4 Å². The first kappa shape index (κ1) is 18.8. The SMILES string of the molecule is CC(=O)Nc1ccc(S(=O)(=O)NCc2cc3cc(C)ccc3[nH]c2=O)cc1. The summed E-state index contributed by atoms with van der Waals surface area (Å²) in [5.41, 5.74) is 2.23. The van der Waals surface area contributed by atoms with Gasteiger partial charge in [0.25, 0.3) is 5.56 Å². The third-order valence-electron chi connectivity index (χ3n) is 4.01. The Morgan fingerprint density at radius 1 is 1.07 bits per heavy atom. The molecule has 0 bridgehead atoms. The van der Waals surface area contributed by atoms with E-state index >= 15 is 0 Å². The molecule has 0 atom stereocenters. The van der Waals surface area contributed by atoms with Crippen LogP contribution in [0.4, 0.5) is 5.69 Å². The van der Waals surface area contributed by atoms with Crippen LogP contribution in [0.2, 0.25) is 0 Å².